The van der Waals surface area contributed by atoms with Gasteiger partial charge in [0.2, 0.25) is 0 Å². The minimum atomic E-state index is -0.596. The Hall–Kier alpha value is -1.79. The highest BCUT2D eigenvalue weighted by Crippen LogP contribution is 2.30. The Morgan fingerprint density at radius 2 is 1.92 bits per heavy atom. The summed E-state index contributed by atoms with van der Waals surface area (Å²) >= 11 is 5.88. The molecule has 0 saturated heterocycles. The highest BCUT2D eigenvalue weighted by Gasteiger charge is 2.20. The second-order valence-corrected chi connectivity index (χ2v) is 6.77. The Bertz CT molecular complexity index is 694. The Labute approximate surface area is 158 Å². The van der Waals surface area contributed by atoms with Gasteiger partial charge in [-0.15, -0.1) is 0 Å². The standard InChI is InChI=1S/C20H24ClNO4/c1-14(15-6-8-16(21)9-7-15)24-12-17(23)10-22-11-18-13-25-19-4-2-3-5-20(19)26-18/h2-9,14,17-18,22-23H,10-13H2,1H3/t14-,17+,18+/m0/s1. The highest BCUT2D eigenvalue weighted by atomic mass is 35.5. The van der Waals surface area contributed by atoms with Gasteiger partial charge in [-0.2, -0.15) is 0 Å². The van der Waals surface area contributed by atoms with Crippen molar-refractivity contribution in [1.82, 2.24) is 5.32 Å². The van der Waals surface area contributed by atoms with Crippen molar-refractivity contribution in [2.45, 2.75) is 25.2 Å². The van der Waals surface area contributed by atoms with Crippen LogP contribution in [0.4, 0.5) is 0 Å². The fourth-order valence-electron chi connectivity index (χ4n) is 2.72. The Balaban J connectivity index is 1.34. The van der Waals surface area contributed by atoms with Crippen molar-refractivity contribution in [3.8, 4) is 11.5 Å². The van der Waals surface area contributed by atoms with Gasteiger partial charge in [0, 0.05) is 18.1 Å². The molecule has 2 N–H and O–H groups in total. The minimum Gasteiger partial charge on any atom is -0.486 e. The summed E-state index contributed by atoms with van der Waals surface area (Å²) in [6.07, 6.45) is -0.777. The van der Waals surface area contributed by atoms with Crippen LogP contribution in [-0.2, 0) is 4.74 Å². The van der Waals surface area contributed by atoms with Crippen molar-refractivity contribution in [2.75, 3.05) is 26.3 Å². The van der Waals surface area contributed by atoms with E-state index in [1.807, 2.05) is 55.5 Å². The third-order valence-corrected chi connectivity index (χ3v) is 4.45. The fourth-order valence-corrected chi connectivity index (χ4v) is 2.84. The quantitative estimate of drug-likeness (QED) is 0.739. The van der Waals surface area contributed by atoms with E-state index in [1.165, 1.54) is 0 Å². The molecule has 140 valence electrons. The first-order chi connectivity index (χ1) is 12.6. The summed E-state index contributed by atoms with van der Waals surface area (Å²) in [6, 6.07) is 15.1. The van der Waals surface area contributed by atoms with E-state index >= 15 is 0 Å². The molecule has 1 aliphatic rings. The van der Waals surface area contributed by atoms with Crippen LogP contribution in [-0.4, -0.2) is 43.6 Å². The second kappa shape index (κ2) is 9.24. The lowest BCUT2D eigenvalue weighted by Crippen LogP contribution is -2.41. The van der Waals surface area contributed by atoms with Crippen molar-refractivity contribution in [3.05, 3.63) is 59.1 Å². The van der Waals surface area contributed by atoms with E-state index in [0.29, 0.717) is 24.7 Å². The number of fused-ring (bicyclic) bond motifs is 1. The van der Waals surface area contributed by atoms with Gasteiger partial charge in [-0.05, 0) is 36.8 Å². The van der Waals surface area contributed by atoms with Crippen LogP contribution >= 0.6 is 11.6 Å². The van der Waals surface area contributed by atoms with Gasteiger partial charge in [-0.3, -0.25) is 0 Å². The molecule has 6 heteroatoms. The Morgan fingerprint density at radius 1 is 1.19 bits per heavy atom. The highest BCUT2D eigenvalue weighted by molar-refractivity contribution is 6.30. The van der Waals surface area contributed by atoms with Gasteiger partial charge in [-0.25, -0.2) is 0 Å². The van der Waals surface area contributed by atoms with Crippen LogP contribution < -0.4 is 14.8 Å². The van der Waals surface area contributed by atoms with E-state index in [0.717, 1.165) is 17.1 Å². The van der Waals surface area contributed by atoms with Crippen molar-refractivity contribution in [2.24, 2.45) is 0 Å². The van der Waals surface area contributed by atoms with Gasteiger partial charge in [0.1, 0.15) is 12.7 Å². The van der Waals surface area contributed by atoms with Gasteiger partial charge < -0.3 is 24.6 Å². The molecule has 0 aliphatic carbocycles. The molecule has 0 saturated carbocycles. The molecule has 0 spiro atoms. The molecule has 2 aromatic rings. The summed E-state index contributed by atoms with van der Waals surface area (Å²) in [6.45, 7) is 3.72. The van der Waals surface area contributed by atoms with Crippen LogP contribution in [0.25, 0.3) is 0 Å². The van der Waals surface area contributed by atoms with Crippen molar-refractivity contribution in [3.63, 3.8) is 0 Å². The molecule has 3 atom stereocenters. The van der Waals surface area contributed by atoms with Crippen molar-refractivity contribution < 1.29 is 19.3 Å². The number of aliphatic hydroxyl groups excluding tert-OH is 1. The number of aliphatic hydroxyl groups is 1. The lowest BCUT2D eigenvalue weighted by atomic mass is 10.1. The van der Waals surface area contributed by atoms with E-state index in [4.69, 9.17) is 25.8 Å². The van der Waals surface area contributed by atoms with Crippen molar-refractivity contribution >= 4 is 11.6 Å². The summed E-state index contributed by atoms with van der Waals surface area (Å²) in [5.41, 5.74) is 1.03. The molecule has 1 heterocycles. The third-order valence-electron chi connectivity index (χ3n) is 4.20. The number of benzene rings is 2. The number of halogens is 1. The van der Waals surface area contributed by atoms with E-state index in [2.05, 4.69) is 5.32 Å². The van der Waals surface area contributed by atoms with E-state index in [9.17, 15) is 5.11 Å². The number of nitrogens with one attached hydrogen (secondary N) is 1. The molecule has 0 aromatic heterocycles. The predicted octanol–water partition coefficient (Wildman–Crippen LogP) is 3.21. The maximum absolute atomic E-state index is 10.1. The van der Waals surface area contributed by atoms with Gasteiger partial charge in [0.15, 0.2) is 11.5 Å². The first-order valence-corrected chi connectivity index (χ1v) is 9.14. The first-order valence-electron chi connectivity index (χ1n) is 8.76. The summed E-state index contributed by atoms with van der Waals surface area (Å²) in [7, 11) is 0. The molecule has 0 bridgehead atoms. The Morgan fingerprint density at radius 3 is 2.69 bits per heavy atom. The van der Waals surface area contributed by atoms with E-state index < -0.39 is 6.10 Å². The number of para-hydroxylation sites is 2. The topological polar surface area (TPSA) is 60.0 Å². The first kappa shape index (κ1) is 19.0. The number of hydrogen-bond acceptors (Lipinski definition) is 5. The van der Waals surface area contributed by atoms with Gasteiger partial charge in [0.05, 0.1) is 18.8 Å². The van der Waals surface area contributed by atoms with Gasteiger partial charge in [-0.1, -0.05) is 35.9 Å². The molecule has 0 radical (unpaired) electrons. The monoisotopic (exact) mass is 377 g/mol. The van der Waals surface area contributed by atoms with Gasteiger partial charge >= 0.3 is 0 Å². The molecule has 0 unspecified atom stereocenters. The average molecular weight is 378 g/mol. The minimum absolute atomic E-state index is 0.0778. The SMILES string of the molecule is C[C@H](OC[C@H](O)CNC[C@@H]1COc2ccccc2O1)c1ccc(Cl)cc1. The normalized spacial score (nSPS) is 18.3. The zero-order valence-electron chi connectivity index (χ0n) is 14.7. The molecular weight excluding hydrogens is 354 g/mol. The van der Waals surface area contributed by atoms with Crippen LogP contribution in [0.5, 0.6) is 11.5 Å². The van der Waals surface area contributed by atoms with Crippen LogP contribution in [0.3, 0.4) is 0 Å². The molecule has 0 amide bonds. The summed E-state index contributed by atoms with van der Waals surface area (Å²) in [5, 5.41) is 14.0. The van der Waals surface area contributed by atoms with E-state index in [-0.39, 0.29) is 18.8 Å². The largest absolute Gasteiger partial charge is 0.486 e. The van der Waals surface area contributed by atoms with Crippen LogP contribution in [0, 0.1) is 0 Å². The molecular formula is C20H24ClNO4. The molecule has 0 fully saturated rings. The lowest BCUT2D eigenvalue weighted by molar-refractivity contribution is -0.00342. The molecule has 1 aliphatic heterocycles. The number of rotatable bonds is 8. The summed E-state index contributed by atoms with van der Waals surface area (Å²) in [4.78, 5) is 0. The maximum Gasteiger partial charge on any atom is 0.161 e. The maximum atomic E-state index is 10.1. The summed E-state index contributed by atoms with van der Waals surface area (Å²) in [5.74, 6) is 1.53. The fraction of sp³-hybridized carbons (Fsp3) is 0.400. The predicted molar refractivity (Wildman–Crippen MR) is 101 cm³/mol. The van der Waals surface area contributed by atoms with Crippen LogP contribution in [0.2, 0.25) is 5.02 Å². The smallest absolute Gasteiger partial charge is 0.161 e. The van der Waals surface area contributed by atoms with Gasteiger partial charge in [0.25, 0.3) is 0 Å². The second-order valence-electron chi connectivity index (χ2n) is 6.34. The van der Waals surface area contributed by atoms with Crippen LogP contribution in [0.1, 0.15) is 18.6 Å². The lowest BCUT2D eigenvalue weighted by Gasteiger charge is -2.27. The molecule has 3 rings (SSSR count). The Kier molecular flexibility index (Phi) is 6.74. The zero-order valence-corrected chi connectivity index (χ0v) is 15.5. The molecule has 5 nitrogen and oxygen atoms in total. The summed E-state index contributed by atoms with van der Waals surface area (Å²) < 4.78 is 17.3. The molecule has 26 heavy (non-hydrogen) atoms. The molecule has 2 aromatic carbocycles. The zero-order chi connectivity index (χ0) is 18.4. The van der Waals surface area contributed by atoms with E-state index in [1.54, 1.807) is 0 Å². The van der Waals surface area contributed by atoms with Crippen molar-refractivity contribution in [1.29, 1.82) is 0 Å². The number of hydrogen-bond donors (Lipinski definition) is 2. The number of ether oxygens (including phenoxy) is 3. The third kappa shape index (κ3) is 5.35. The average Bonchev–Trinajstić information content (AvgIpc) is 2.66. The van der Waals surface area contributed by atoms with Crippen LogP contribution in [0.15, 0.2) is 48.5 Å².